The third-order valence-corrected chi connectivity index (χ3v) is 4.04. The van der Waals surface area contributed by atoms with Gasteiger partial charge in [-0.05, 0) is 24.7 Å². The van der Waals surface area contributed by atoms with Crippen molar-refractivity contribution in [3.05, 3.63) is 30.4 Å². The van der Waals surface area contributed by atoms with Crippen LogP contribution in [0.1, 0.15) is 18.7 Å². The van der Waals surface area contributed by atoms with Gasteiger partial charge >= 0.3 is 0 Å². The van der Waals surface area contributed by atoms with Crippen molar-refractivity contribution in [3.63, 3.8) is 0 Å². The van der Waals surface area contributed by atoms with Crippen LogP contribution in [-0.4, -0.2) is 22.1 Å². The number of hydrogen-bond acceptors (Lipinski definition) is 2. The van der Waals surface area contributed by atoms with Gasteiger partial charge < -0.3 is 9.88 Å². The van der Waals surface area contributed by atoms with Crippen LogP contribution >= 0.6 is 0 Å². The number of rotatable bonds is 4. The lowest BCUT2D eigenvalue weighted by molar-refractivity contribution is 0.164. The number of hydrogen-bond donors (Lipinski definition) is 1. The molecule has 0 saturated heterocycles. The lowest BCUT2D eigenvalue weighted by Gasteiger charge is -2.40. The summed E-state index contributed by atoms with van der Waals surface area (Å²) in [6.07, 6.45) is 12.3. The Kier molecular flexibility index (Phi) is 2.56. The molecule has 0 aromatic carbocycles. The minimum atomic E-state index is 0.726. The predicted molar refractivity (Wildman–Crippen MR) is 64.1 cm³/mol. The fraction of sp³-hybridized carbons (Fsp3) is 0.615. The van der Waals surface area contributed by atoms with E-state index in [1.54, 1.807) is 0 Å². The van der Waals surface area contributed by atoms with Crippen LogP contribution in [0.4, 0.5) is 0 Å². The largest absolute Gasteiger partial charge is 0.338 e. The molecule has 0 spiro atoms. The van der Waals surface area contributed by atoms with Crippen molar-refractivity contribution < 1.29 is 0 Å². The number of nitrogens with one attached hydrogen (secondary N) is 1. The van der Waals surface area contributed by atoms with Gasteiger partial charge in [0.15, 0.2) is 0 Å². The molecule has 16 heavy (non-hydrogen) atoms. The molecule has 2 aliphatic rings. The number of imidazole rings is 1. The first kappa shape index (κ1) is 10.1. The molecule has 1 aromatic rings. The van der Waals surface area contributed by atoms with Crippen LogP contribution in [0.3, 0.4) is 0 Å². The second kappa shape index (κ2) is 4.06. The molecule has 1 saturated carbocycles. The number of aromatic nitrogens is 2. The summed E-state index contributed by atoms with van der Waals surface area (Å²) in [6.45, 7) is 1.05. The molecule has 3 nitrogen and oxygen atoms in total. The normalized spacial score (nSPS) is 31.4. The van der Waals surface area contributed by atoms with Gasteiger partial charge in [0.2, 0.25) is 0 Å². The Morgan fingerprint density at radius 3 is 3.25 bits per heavy atom. The third-order valence-electron chi connectivity index (χ3n) is 4.04. The second-order valence-electron chi connectivity index (χ2n) is 5.00. The lowest BCUT2D eigenvalue weighted by atomic mass is 9.71. The van der Waals surface area contributed by atoms with E-state index in [4.69, 9.17) is 0 Å². The molecule has 0 aliphatic heterocycles. The lowest BCUT2D eigenvalue weighted by Crippen LogP contribution is -2.48. The van der Waals surface area contributed by atoms with Crippen LogP contribution in [0, 0.1) is 11.8 Å². The smallest absolute Gasteiger partial charge is 0.109 e. The van der Waals surface area contributed by atoms with Gasteiger partial charge in [-0.15, -0.1) is 0 Å². The second-order valence-corrected chi connectivity index (χ2v) is 5.00. The average molecular weight is 217 g/mol. The van der Waals surface area contributed by atoms with E-state index in [2.05, 4.69) is 34.1 Å². The number of fused-ring (bicyclic) bond motifs is 1. The molecule has 3 heteroatoms. The van der Waals surface area contributed by atoms with Crippen LogP contribution in [-0.2, 0) is 13.5 Å². The molecule has 0 bridgehead atoms. The summed E-state index contributed by atoms with van der Waals surface area (Å²) in [5.74, 6) is 2.94. The highest BCUT2D eigenvalue weighted by atomic mass is 15.0. The molecule has 1 fully saturated rings. The van der Waals surface area contributed by atoms with Gasteiger partial charge in [-0.25, -0.2) is 4.98 Å². The Bertz CT molecular complexity index is 394. The summed E-state index contributed by atoms with van der Waals surface area (Å²) < 4.78 is 2.10. The van der Waals surface area contributed by atoms with E-state index < -0.39 is 0 Å². The van der Waals surface area contributed by atoms with Crippen molar-refractivity contribution in [2.24, 2.45) is 18.9 Å². The fourth-order valence-corrected chi connectivity index (χ4v) is 2.95. The molecule has 0 amide bonds. The predicted octanol–water partition coefficient (Wildman–Crippen LogP) is 1.52. The van der Waals surface area contributed by atoms with Crippen LogP contribution in [0.15, 0.2) is 24.5 Å². The summed E-state index contributed by atoms with van der Waals surface area (Å²) in [7, 11) is 2.06. The van der Waals surface area contributed by atoms with Gasteiger partial charge in [-0.3, -0.25) is 0 Å². The summed E-state index contributed by atoms with van der Waals surface area (Å²) in [5, 5.41) is 3.65. The molecule has 3 atom stereocenters. The van der Waals surface area contributed by atoms with E-state index in [1.807, 2.05) is 12.4 Å². The van der Waals surface area contributed by atoms with Gasteiger partial charge in [0, 0.05) is 38.4 Å². The Labute approximate surface area is 96.6 Å². The first-order valence-corrected chi connectivity index (χ1v) is 6.21. The highest BCUT2D eigenvalue weighted by molar-refractivity contribution is 5.12. The summed E-state index contributed by atoms with van der Waals surface area (Å²) in [4.78, 5) is 4.33. The quantitative estimate of drug-likeness (QED) is 0.775. The summed E-state index contributed by atoms with van der Waals surface area (Å²) >= 11 is 0. The standard InChI is InChI=1S/C13H19N3/c1-16-8-7-15-13(16)5-6-14-12-9-10-3-2-4-11(10)12/h2,4,7-8,10-12,14H,3,5-6,9H2,1H3. The van der Waals surface area contributed by atoms with Crippen molar-refractivity contribution in [1.82, 2.24) is 14.9 Å². The van der Waals surface area contributed by atoms with Crippen molar-refractivity contribution in [3.8, 4) is 0 Å². The molecule has 2 aliphatic carbocycles. The van der Waals surface area contributed by atoms with Gasteiger partial charge in [0.25, 0.3) is 0 Å². The average Bonchev–Trinajstić information content (AvgIpc) is 2.81. The maximum atomic E-state index is 4.33. The zero-order valence-corrected chi connectivity index (χ0v) is 9.76. The zero-order chi connectivity index (χ0) is 11.0. The van der Waals surface area contributed by atoms with Crippen molar-refractivity contribution in [1.29, 1.82) is 0 Å². The molecular weight excluding hydrogens is 198 g/mol. The highest BCUT2D eigenvalue weighted by Crippen LogP contribution is 2.42. The Hall–Kier alpha value is -1.09. The van der Waals surface area contributed by atoms with E-state index in [9.17, 15) is 0 Å². The maximum Gasteiger partial charge on any atom is 0.109 e. The van der Waals surface area contributed by atoms with E-state index in [0.29, 0.717) is 0 Å². The summed E-state index contributed by atoms with van der Waals surface area (Å²) in [5.41, 5.74) is 0. The Balaban J connectivity index is 1.44. The first-order chi connectivity index (χ1) is 7.84. The molecule has 1 N–H and O–H groups in total. The number of allylic oxidation sites excluding steroid dienone is 1. The molecule has 0 radical (unpaired) electrons. The zero-order valence-electron chi connectivity index (χ0n) is 9.76. The molecule has 86 valence electrons. The van der Waals surface area contributed by atoms with Gasteiger partial charge in [-0.1, -0.05) is 12.2 Å². The van der Waals surface area contributed by atoms with Crippen LogP contribution < -0.4 is 5.32 Å². The van der Waals surface area contributed by atoms with E-state index in [1.165, 1.54) is 18.7 Å². The maximum absolute atomic E-state index is 4.33. The molecule has 1 heterocycles. The topological polar surface area (TPSA) is 29.9 Å². The van der Waals surface area contributed by atoms with E-state index >= 15 is 0 Å². The fourth-order valence-electron chi connectivity index (χ4n) is 2.95. The van der Waals surface area contributed by atoms with E-state index in [-0.39, 0.29) is 0 Å². The van der Waals surface area contributed by atoms with Crippen LogP contribution in [0.5, 0.6) is 0 Å². The highest BCUT2D eigenvalue weighted by Gasteiger charge is 2.40. The van der Waals surface area contributed by atoms with Gasteiger partial charge in [0.1, 0.15) is 5.82 Å². The number of nitrogens with zero attached hydrogens (tertiary/aromatic N) is 2. The van der Waals surface area contributed by atoms with Crippen molar-refractivity contribution in [2.45, 2.75) is 25.3 Å². The molecular formula is C13H19N3. The van der Waals surface area contributed by atoms with Crippen LogP contribution in [0.2, 0.25) is 0 Å². The molecule has 3 unspecified atom stereocenters. The monoisotopic (exact) mass is 217 g/mol. The minimum absolute atomic E-state index is 0.726. The summed E-state index contributed by atoms with van der Waals surface area (Å²) in [6, 6.07) is 0.726. The molecule has 3 rings (SSSR count). The van der Waals surface area contributed by atoms with Crippen molar-refractivity contribution >= 4 is 0 Å². The molecule has 1 aromatic heterocycles. The van der Waals surface area contributed by atoms with Crippen LogP contribution in [0.25, 0.3) is 0 Å². The third kappa shape index (κ3) is 1.69. The minimum Gasteiger partial charge on any atom is -0.338 e. The number of aryl methyl sites for hydroxylation is 1. The van der Waals surface area contributed by atoms with Crippen molar-refractivity contribution in [2.75, 3.05) is 6.54 Å². The van der Waals surface area contributed by atoms with Gasteiger partial charge in [-0.2, -0.15) is 0 Å². The Morgan fingerprint density at radius 1 is 1.56 bits per heavy atom. The first-order valence-electron chi connectivity index (χ1n) is 6.21. The SMILES string of the molecule is Cn1ccnc1CCNC1CC2CC=CC21. The van der Waals surface area contributed by atoms with Gasteiger partial charge in [0.05, 0.1) is 0 Å². The Morgan fingerprint density at radius 2 is 2.50 bits per heavy atom. The van der Waals surface area contributed by atoms with E-state index in [0.717, 1.165) is 30.8 Å².